The van der Waals surface area contributed by atoms with E-state index in [1.54, 1.807) is 0 Å². The van der Waals surface area contributed by atoms with Gasteiger partial charge in [-0.1, -0.05) is 0 Å². The van der Waals surface area contributed by atoms with Gasteiger partial charge in [0, 0.05) is 18.4 Å². The molecule has 0 aliphatic carbocycles. The van der Waals surface area contributed by atoms with Gasteiger partial charge in [-0.3, -0.25) is 0 Å². The second-order valence-corrected chi connectivity index (χ2v) is 3.60. The predicted octanol–water partition coefficient (Wildman–Crippen LogP) is 0.570. The van der Waals surface area contributed by atoms with Gasteiger partial charge in [-0.05, 0) is 18.6 Å². The molecule has 0 saturated heterocycles. The second-order valence-electron chi connectivity index (χ2n) is 3.60. The number of ether oxygens (including phenoxy) is 2. The molecule has 0 spiro atoms. The number of aliphatic hydroxyl groups excluding tert-OH is 2. The zero-order valence-corrected chi connectivity index (χ0v) is 8.85. The minimum Gasteiger partial charge on any atom is -0.454 e. The molecule has 0 aromatic heterocycles. The van der Waals surface area contributed by atoms with Crippen molar-refractivity contribution >= 4 is 5.69 Å². The van der Waals surface area contributed by atoms with Crippen molar-refractivity contribution in [1.29, 1.82) is 0 Å². The molecule has 1 aliphatic heterocycles. The van der Waals surface area contributed by atoms with Crippen LogP contribution < -0.4 is 14.8 Å². The van der Waals surface area contributed by atoms with Gasteiger partial charge in [0.1, 0.15) is 0 Å². The molecular formula is C11H15NO4. The number of nitrogens with one attached hydrogen (secondary N) is 1. The molecule has 88 valence electrons. The lowest BCUT2D eigenvalue weighted by molar-refractivity contribution is 0.174. The summed E-state index contributed by atoms with van der Waals surface area (Å²) < 4.78 is 10.4. The Balaban J connectivity index is 2.04. The summed E-state index contributed by atoms with van der Waals surface area (Å²) >= 11 is 0. The number of benzene rings is 1. The summed E-state index contributed by atoms with van der Waals surface area (Å²) in [5.74, 6) is 1.43. The molecule has 1 heterocycles. The van der Waals surface area contributed by atoms with E-state index in [4.69, 9.17) is 19.7 Å². The first-order valence-corrected chi connectivity index (χ1v) is 5.21. The lowest BCUT2D eigenvalue weighted by Crippen LogP contribution is -2.24. The molecule has 0 unspecified atom stereocenters. The van der Waals surface area contributed by atoms with Gasteiger partial charge >= 0.3 is 0 Å². The van der Waals surface area contributed by atoms with Gasteiger partial charge in [-0.2, -0.15) is 0 Å². The van der Waals surface area contributed by atoms with E-state index >= 15 is 0 Å². The number of aliphatic hydroxyl groups is 2. The lowest BCUT2D eigenvalue weighted by Gasteiger charge is -2.16. The monoisotopic (exact) mass is 225 g/mol. The fraction of sp³-hybridized carbons (Fsp3) is 0.455. The molecule has 0 fully saturated rings. The number of fused-ring (bicyclic) bond motifs is 1. The number of hydrogen-bond acceptors (Lipinski definition) is 5. The SMILES string of the molecule is OCC[C@@H](CO)Nc1ccc2c(c1)OCO2. The van der Waals surface area contributed by atoms with E-state index in [9.17, 15) is 0 Å². The molecule has 5 nitrogen and oxygen atoms in total. The van der Waals surface area contributed by atoms with Crippen molar-refractivity contribution in [2.75, 3.05) is 25.3 Å². The molecule has 3 N–H and O–H groups in total. The molecule has 5 heteroatoms. The highest BCUT2D eigenvalue weighted by Crippen LogP contribution is 2.34. The molecule has 0 amide bonds. The van der Waals surface area contributed by atoms with E-state index in [1.165, 1.54) is 0 Å². The average Bonchev–Trinajstić information content (AvgIpc) is 2.75. The molecule has 0 radical (unpaired) electrons. The third kappa shape index (κ3) is 2.37. The summed E-state index contributed by atoms with van der Waals surface area (Å²) in [4.78, 5) is 0. The zero-order chi connectivity index (χ0) is 11.4. The van der Waals surface area contributed by atoms with Gasteiger partial charge in [0.05, 0.1) is 12.6 Å². The van der Waals surface area contributed by atoms with Gasteiger partial charge in [-0.25, -0.2) is 0 Å². The fourth-order valence-electron chi connectivity index (χ4n) is 1.59. The summed E-state index contributed by atoms with van der Waals surface area (Å²) in [5.41, 5.74) is 0.844. The first-order chi connectivity index (χ1) is 7.83. The molecule has 1 aromatic carbocycles. The van der Waals surface area contributed by atoms with Crippen LogP contribution in [0.3, 0.4) is 0 Å². The molecule has 0 bridgehead atoms. The maximum Gasteiger partial charge on any atom is 0.231 e. The summed E-state index contributed by atoms with van der Waals surface area (Å²) in [6, 6.07) is 5.35. The van der Waals surface area contributed by atoms with Crippen LogP contribution in [0.4, 0.5) is 5.69 Å². The topological polar surface area (TPSA) is 71.0 Å². The Hall–Kier alpha value is -1.46. The average molecular weight is 225 g/mol. The summed E-state index contributed by atoms with van der Waals surface area (Å²) in [7, 11) is 0. The van der Waals surface area contributed by atoms with Gasteiger partial charge in [0.15, 0.2) is 11.5 Å². The van der Waals surface area contributed by atoms with Crippen molar-refractivity contribution in [3.63, 3.8) is 0 Å². The van der Waals surface area contributed by atoms with E-state index in [0.29, 0.717) is 12.2 Å². The summed E-state index contributed by atoms with van der Waals surface area (Å²) in [5, 5.41) is 21.0. The molecule has 1 aliphatic rings. The normalized spacial score (nSPS) is 14.9. The van der Waals surface area contributed by atoms with Crippen LogP contribution in [0.1, 0.15) is 6.42 Å². The van der Waals surface area contributed by atoms with Gasteiger partial charge in [-0.15, -0.1) is 0 Å². The number of hydrogen-bond donors (Lipinski definition) is 3. The third-order valence-electron chi connectivity index (χ3n) is 2.44. The maximum absolute atomic E-state index is 9.08. The van der Waals surface area contributed by atoms with E-state index in [-0.39, 0.29) is 26.0 Å². The van der Waals surface area contributed by atoms with Gasteiger partial charge in [0.2, 0.25) is 6.79 Å². The van der Waals surface area contributed by atoms with Crippen LogP contribution in [0.15, 0.2) is 18.2 Å². The van der Waals surface area contributed by atoms with Crippen molar-refractivity contribution in [1.82, 2.24) is 0 Å². The van der Waals surface area contributed by atoms with Crippen LogP contribution in [-0.2, 0) is 0 Å². The van der Waals surface area contributed by atoms with E-state index in [1.807, 2.05) is 18.2 Å². The Morgan fingerprint density at radius 1 is 1.25 bits per heavy atom. The third-order valence-corrected chi connectivity index (χ3v) is 2.44. The van der Waals surface area contributed by atoms with Crippen molar-refractivity contribution in [2.24, 2.45) is 0 Å². The van der Waals surface area contributed by atoms with Crippen molar-refractivity contribution in [3.05, 3.63) is 18.2 Å². The Morgan fingerprint density at radius 2 is 2.06 bits per heavy atom. The van der Waals surface area contributed by atoms with Crippen molar-refractivity contribution in [2.45, 2.75) is 12.5 Å². The smallest absolute Gasteiger partial charge is 0.231 e. The minimum absolute atomic E-state index is 0.0188. The van der Waals surface area contributed by atoms with E-state index in [0.717, 1.165) is 11.4 Å². The highest BCUT2D eigenvalue weighted by molar-refractivity contribution is 5.56. The van der Waals surface area contributed by atoms with Crippen LogP contribution >= 0.6 is 0 Å². The van der Waals surface area contributed by atoms with Gasteiger partial charge in [0.25, 0.3) is 0 Å². The standard InChI is InChI=1S/C11H15NO4/c13-4-3-9(6-14)12-8-1-2-10-11(5-8)16-7-15-10/h1-2,5,9,12-14H,3-4,6-7H2/t9-/m0/s1. The van der Waals surface area contributed by atoms with Crippen molar-refractivity contribution in [3.8, 4) is 11.5 Å². The van der Waals surface area contributed by atoms with E-state index < -0.39 is 0 Å². The van der Waals surface area contributed by atoms with Crippen LogP contribution in [0.25, 0.3) is 0 Å². The quantitative estimate of drug-likeness (QED) is 0.683. The summed E-state index contributed by atoms with van der Waals surface area (Å²) in [6.07, 6.45) is 0.505. The largest absolute Gasteiger partial charge is 0.454 e. The minimum atomic E-state index is -0.148. The van der Waals surface area contributed by atoms with Crippen molar-refractivity contribution < 1.29 is 19.7 Å². The van der Waals surface area contributed by atoms with Gasteiger partial charge < -0.3 is 25.0 Å². The highest BCUT2D eigenvalue weighted by atomic mass is 16.7. The zero-order valence-electron chi connectivity index (χ0n) is 8.85. The van der Waals surface area contributed by atoms with Crippen LogP contribution in [0.2, 0.25) is 0 Å². The number of rotatable bonds is 5. The highest BCUT2D eigenvalue weighted by Gasteiger charge is 2.14. The maximum atomic E-state index is 9.08. The molecule has 1 aromatic rings. The first-order valence-electron chi connectivity index (χ1n) is 5.21. The van der Waals surface area contributed by atoms with Crippen LogP contribution in [0, 0.1) is 0 Å². The second kappa shape index (κ2) is 5.05. The fourth-order valence-corrected chi connectivity index (χ4v) is 1.59. The molecular weight excluding hydrogens is 210 g/mol. The molecule has 0 saturated carbocycles. The molecule has 16 heavy (non-hydrogen) atoms. The lowest BCUT2D eigenvalue weighted by atomic mass is 10.2. The Kier molecular flexibility index (Phi) is 3.48. The first kappa shape index (κ1) is 11.0. The molecule has 2 rings (SSSR count). The van der Waals surface area contributed by atoms with Crippen LogP contribution in [0.5, 0.6) is 11.5 Å². The number of anilines is 1. The predicted molar refractivity (Wildman–Crippen MR) is 58.8 cm³/mol. The Labute approximate surface area is 93.6 Å². The molecule has 1 atom stereocenters. The van der Waals surface area contributed by atoms with E-state index in [2.05, 4.69) is 5.32 Å². The Morgan fingerprint density at radius 3 is 2.81 bits per heavy atom. The Bertz CT molecular complexity index is 356. The summed E-state index contributed by atoms with van der Waals surface area (Å²) in [6.45, 7) is 0.274. The van der Waals surface area contributed by atoms with Crippen LogP contribution in [-0.4, -0.2) is 36.3 Å².